The van der Waals surface area contributed by atoms with Crippen LogP contribution < -0.4 is 10.6 Å². The van der Waals surface area contributed by atoms with E-state index in [1.807, 2.05) is 4.90 Å². The Kier molecular flexibility index (Phi) is 3.79. The first-order chi connectivity index (χ1) is 9.54. The first kappa shape index (κ1) is 14.0. The summed E-state index contributed by atoms with van der Waals surface area (Å²) in [6.07, 6.45) is 2.21. The molecule has 1 saturated heterocycles. The third-order valence-corrected chi connectivity index (χ3v) is 5.02. The van der Waals surface area contributed by atoms with Gasteiger partial charge in [0, 0.05) is 44.0 Å². The number of likely N-dealkylation sites (tertiary alicyclic amines) is 1. The largest absolute Gasteiger partial charge is 0.326 e. The number of carbonyl (C=O) groups excluding carboxylic acids is 1. The normalized spacial score (nSPS) is 26.9. The smallest absolute Gasteiger partial charge is 0.225 e. The summed E-state index contributed by atoms with van der Waals surface area (Å²) in [4.78, 5) is 20.6. The number of nitrogens with zero attached hydrogens (tertiary/aromatic N) is 3. The predicted octanol–water partition coefficient (Wildman–Crippen LogP) is 1.44. The lowest BCUT2D eigenvalue weighted by Gasteiger charge is -2.17. The van der Waals surface area contributed by atoms with Crippen LogP contribution in [0.1, 0.15) is 32.4 Å². The second-order valence-corrected chi connectivity index (χ2v) is 6.91. The van der Waals surface area contributed by atoms with E-state index < -0.39 is 0 Å². The van der Waals surface area contributed by atoms with Crippen LogP contribution in [0.25, 0.3) is 0 Å². The van der Waals surface area contributed by atoms with Crippen molar-refractivity contribution < 1.29 is 4.79 Å². The molecule has 2 aliphatic rings. The van der Waals surface area contributed by atoms with E-state index in [0.29, 0.717) is 12.0 Å². The van der Waals surface area contributed by atoms with Gasteiger partial charge in [0.05, 0.1) is 5.69 Å². The molecule has 1 aromatic heterocycles. The summed E-state index contributed by atoms with van der Waals surface area (Å²) < 4.78 is 0. The molecule has 2 fully saturated rings. The Labute approximate surface area is 123 Å². The first-order valence-electron chi connectivity index (χ1n) is 7.26. The molecule has 2 unspecified atom stereocenters. The average Bonchev–Trinajstić information content (AvgIpc) is 3.00. The Bertz CT molecular complexity index is 489. The predicted molar refractivity (Wildman–Crippen MR) is 80.7 cm³/mol. The van der Waals surface area contributed by atoms with Gasteiger partial charge in [-0.15, -0.1) is 11.3 Å². The Hall–Kier alpha value is -0.980. The van der Waals surface area contributed by atoms with Crippen LogP contribution in [0, 0.1) is 5.92 Å². The molecule has 6 heteroatoms. The second-order valence-electron chi connectivity index (χ2n) is 6.08. The number of aromatic nitrogens is 1. The van der Waals surface area contributed by atoms with Gasteiger partial charge in [0.25, 0.3) is 0 Å². The van der Waals surface area contributed by atoms with Crippen molar-refractivity contribution >= 4 is 22.4 Å². The fourth-order valence-corrected chi connectivity index (χ4v) is 3.74. The summed E-state index contributed by atoms with van der Waals surface area (Å²) in [5, 5.41) is 2.92. The van der Waals surface area contributed by atoms with Gasteiger partial charge in [0.15, 0.2) is 5.13 Å². The van der Waals surface area contributed by atoms with Crippen LogP contribution in [-0.2, 0) is 11.3 Å². The summed E-state index contributed by atoms with van der Waals surface area (Å²) in [6.45, 7) is 6.63. The highest BCUT2D eigenvalue weighted by Gasteiger charge is 2.34. The zero-order valence-electron chi connectivity index (χ0n) is 12.1. The number of thiazole rings is 1. The van der Waals surface area contributed by atoms with Crippen molar-refractivity contribution in [1.29, 1.82) is 0 Å². The van der Waals surface area contributed by atoms with E-state index in [-0.39, 0.29) is 11.9 Å². The van der Waals surface area contributed by atoms with Crippen LogP contribution in [0.5, 0.6) is 0 Å². The van der Waals surface area contributed by atoms with E-state index >= 15 is 0 Å². The number of hydrogen-bond acceptors (Lipinski definition) is 5. The fraction of sp³-hybridized carbons (Fsp3) is 0.714. The maximum Gasteiger partial charge on any atom is 0.225 e. The Morgan fingerprint density at radius 2 is 2.30 bits per heavy atom. The topological polar surface area (TPSA) is 62.5 Å². The molecule has 0 radical (unpaired) electrons. The molecule has 3 rings (SSSR count). The van der Waals surface area contributed by atoms with Gasteiger partial charge in [-0.05, 0) is 18.8 Å². The molecule has 0 bridgehead atoms. The fourth-order valence-electron chi connectivity index (χ4n) is 2.81. The number of anilines is 1. The molecule has 2 atom stereocenters. The zero-order valence-corrected chi connectivity index (χ0v) is 12.9. The van der Waals surface area contributed by atoms with Crippen molar-refractivity contribution in [2.75, 3.05) is 18.0 Å². The van der Waals surface area contributed by atoms with Crippen LogP contribution in [0.15, 0.2) is 5.38 Å². The van der Waals surface area contributed by atoms with Gasteiger partial charge in [0.2, 0.25) is 5.91 Å². The molecule has 20 heavy (non-hydrogen) atoms. The maximum absolute atomic E-state index is 11.7. The molecule has 0 aromatic carbocycles. The molecule has 1 aromatic rings. The third-order valence-electron chi connectivity index (χ3n) is 4.13. The summed E-state index contributed by atoms with van der Waals surface area (Å²) in [7, 11) is 0. The monoisotopic (exact) mass is 294 g/mol. The van der Waals surface area contributed by atoms with Crippen molar-refractivity contribution in [2.45, 2.75) is 45.3 Å². The molecule has 0 spiro atoms. The number of amides is 1. The Morgan fingerprint density at radius 3 is 2.85 bits per heavy atom. The highest BCUT2D eigenvalue weighted by molar-refractivity contribution is 7.14. The number of rotatable bonds is 4. The third kappa shape index (κ3) is 2.87. The van der Waals surface area contributed by atoms with Gasteiger partial charge >= 0.3 is 0 Å². The van der Waals surface area contributed by atoms with Crippen molar-refractivity contribution in [3.63, 3.8) is 0 Å². The minimum Gasteiger partial charge on any atom is -0.326 e. The standard InChI is InChI=1S/C14H22N4OS/c1-9-5-17(7-13(9)15)6-11-8-20-14(16-11)18(10(2)19)12-3-4-12/h8-9,12-13H,3-7,15H2,1-2H3. The Morgan fingerprint density at radius 1 is 1.55 bits per heavy atom. The molecule has 1 aliphatic carbocycles. The average molecular weight is 294 g/mol. The van der Waals surface area contributed by atoms with E-state index in [2.05, 4.69) is 22.2 Å². The summed E-state index contributed by atoms with van der Waals surface area (Å²) in [5.74, 6) is 0.651. The van der Waals surface area contributed by atoms with E-state index in [1.54, 1.807) is 18.3 Å². The van der Waals surface area contributed by atoms with E-state index in [0.717, 1.165) is 43.3 Å². The lowest BCUT2D eigenvalue weighted by Crippen LogP contribution is -2.30. The quantitative estimate of drug-likeness (QED) is 0.912. The van der Waals surface area contributed by atoms with Crippen LogP contribution in [0.3, 0.4) is 0 Å². The van der Waals surface area contributed by atoms with Crippen molar-refractivity contribution in [1.82, 2.24) is 9.88 Å². The van der Waals surface area contributed by atoms with E-state index in [4.69, 9.17) is 5.73 Å². The Balaban J connectivity index is 1.66. The van der Waals surface area contributed by atoms with Crippen molar-refractivity contribution in [2.24, 2.45) is 11.7 Å². The van der Waals surface area contributed by atoms with Crippen LogP contribution in [0.4, 0.5) is 5.13 Å². The zero-order chi connectivity index (χ0) is 14.3. The lowest BCUT2D eigenvalue weighted by molar-refractivity contribution is -0.116. The summed E-state index contributed by atoms with van der Waals surface area (Å²) >= 11 is 1.58. The molecule has 110 valence electrons. The lowest BCUT2D eigenvalue weighted by atomic mass is 10.1. The van der Waals surface area contributed by atoms with Gasteiger partial charge in [-0.1, -0.05) is 6.92 Å². The van der Waals surface area contributed by atoms with E-state index in [1.165, 1.54) is 0 Å². The minimum absolute atomic E-state index is 0.102. The van der Waals surface area contributed by atoms with Crippen LogP contribution in [0.2, 0.25) is 0 Å². The van der Waals surface area contributed by atoms with Crippen LogP contribution >= 0.6 is 11.3 Å². The minimum atomic E-state index is 0.102. The van der Waals surface area contributed by atoms with Crippen molar-refractivity contribution in [3.05, 3.63) is 11.1 Å². The molecular weight excluding hydrogens is 272 g/mol. The van der Waals surface area contributed by atoms with Gasteiger partial charge < -0.3 is 5.73 Å². The number of carbonyl (C=O) groups is 1. The molecule has 1 amide bonds. The summed E-state index contributed by atoms with van der Waals surface area (Å²) in [5.41, 5.74) is 7.10. The van der Waals surface area contributed by atoms with Gasteiger partial charge in [-0.3, -0.25) is 14.6 Å². The van der Waals surface area contributed by atoms with Gasteiger partial charge in [0.1, 0.15) is 0 Å². The van der Waals surface area contributed by atoms with Gasteiger partial charge in [-0.25, -0.2) is 4.98 Å². The first-order valence-corrected chi connectivity index (χ1v) is 8.14. The highest BCUT2D eigenvalue weighted by atomic mass is 32.1. The van der Waals surface area contributed by atoms with Crippen molar-refractivity contribution in [3.8, 4) is 0 Å². The van der Waals surface area contributed by atoms with Crippen LogP contribution in [-0.4, -0.2) is 41.0 Å². The molecule has 2 heterocycles. The SMILES string of the molecule is CC(=O)N(c1nc(CN2CC(C)C(N)C2)cs1)C1CC1. The molecule has 1 aliphatic heterocycles. The van der Waals surface area contributed by atoms with Gasteiger partial charge in [-0.2, -0.15) is 0 Å². The second kappa shape index (κ2) is 5.42. The number of nitrogens with two attached hydrogens (primary N) is 1. The maximum atomic E-state index is 11.7. The molecule has 5 nitrogen and oxygen atoms in total. The molecule has 1 saturated carbocycles. The molecule has 2 N–H and O–H groups in total. The highest BCUT2D eigenvalue weighted by Crippen LogP contribution is 2.34. The summed E-state index contributed by atoms with van der Waals surface area (Å²) in [6, 6.07) is 0.653. The number of hydrogen-bond donors (Lipinski definition) is 1. The van der Waals surface area contributed by atoms with E-state index in [9.17, 15) is 4.79 Å². The molecular formula is C14H22N4OS.